The van der Waals surface area contributed by atoms with E-state index in [0.717, 1.165) is 81.3 Å². The molecule has 17 heteroatoms. The van der Waals surface area contributed by atoms with Crippen LogP contribution >= 0.6 is 0 Å². The fourth-order valence-corrected chi connectivity index (χ4v) is 13.6. The number of hydrogen-bond donors (Lipinski definition) is 0. The maximum absolute atomic E-state index is 12.9. The molecule has 410 valence electrons. The van der Waals surface area contributed by atoms with E-state index in [-0.39, 0.29) is 100 Å². The Morgan fingerprint density at radius 3 is 1.27 bits per heavy atom. The Kier molecular flexibility index (Phi) is 18.4. The van der Waals surface area contributed by atoms with Crippen molar-refractivity contribution in [1.29, 1.82) is 0 Å². The number of rotatable bonds is 20. The second-order valence-electron chi connectivity index (χ2n) is 24.9. The lowest BCUT2D eigenvalue weighted by atomic mass is 9.50. The predicted molar refractivity (Wildman–Crippen MR) is 289 cm³/mol. The molecule has 5 heterocycles. The number of fused-ring (bicyclic) bond motifs is 2. The van der Waals surface area contributed by atoms with Gasteiger partial charge in [0.25, 0.3) is 0 Å². The van der Waals surface area contributed by atoms with Crippen LogP contribution in [0.1, 0.15) is 178 Å². The van der Waals surface area contributed by atoms with E-state index in [1.165, 1.54) is 12.8 Å². The Balaban J connectivity index is 0.000000170. The largest absolute Gasteiger partial charge is 0.600 e. The summed E-state index contributed by atoms with van der Waals surface area (Å²) >= 11 is 0. The third-order valence-corrected chi connectivity index (χ3v) is 19.1. The standard InChI is InChI=1S/2C22H32BNO5.C13H27BO2/c2*1-4-16(2)13-17(3)23-24(22(26)29-23,14-21(25)28-23)19-11-8-12-20(19)27-15-18-9-6-5-7-10-18;1-8-10(2)9-11(3)14-15-12(4,5)13(6,7)16-14/h2*5-7,9-10,16-17,19-20H,4,8,11-15H2,1-3H3;10-11H,8-9H2,1-7H3/t16-,17+,19+,20+,23?,24?;16-,17-,19+,20+,23?,24?;10-,11?/m111/s1. The Morgan fingerprint density at radius 1 is 0.554 bits per heavy atom. The van der Waals surface area contributed by atoms with Gasteiger partial charge >= 0.3 is 44.6 Å². The highest BCUT2D eigenvalue weighted by molar-refractivity contribution is 6.71. The van der Waals surface area contributed by atoms with Gasteiger partial charge in [-0.3, -0.25) is 9.59 Å². The van der Waals surface area contributed by atoms with Gasteiger partial charge in [0.2, 0.25) is 0 Å². The zero-order valence-electron chi connectivity index (χ0n) is 47.4. The molecule has 7 aliphatic rings. The lowest BCUT2D eigenvalue weighted by molar-refractivity contribution is -0.819. The van der Waals surface area contributed by atoms with Gasteiger partial charge in [0, 0.05) is 0 Å². The maximum atomic E-state index is 12.9. The third-order valence-electron chi connectivity index (χ3n) is 19.1. The minimum absolute atomic E-state index is 0.00414. The summed E-state index contributed by atoms with van der Waals surface area (Å²) in [6, 6.07) is 20.0. The quantitative estimate of drug-likeness (QED) is 0.117. The number of nitrogens with zero attached hydrogens (tertiary/aromatic N) is 2. The molecule has 5 saturated heterocycles. The van der Waals surface area contributed by atoms with E-state index in [9.17, 15) is 19.2 Å². The van der Waals surface area contributed by atoms with Crippen molar-refractivity contribution in [3.05, 3.63) is 71.8 Å². The fraction of sp³-hybridized carbons (Fsp3) is 0.719. The predicted octanol–water partition coefficient (Wildman–Crippen LogP) is 12.7. The highest BCUT2D eigenvalue weighted by Crippen LogP contribution is 2.56. The molecule has 14 atom stereocenters. The summed E-state index contributed by atoms with van der Waals surface area (Å²) in [5, 5.41) is 0. The van der Waals surface area contributed by atoms with E-state index in [0.29, 0.717) is 30.9 Å². The smallest absolute Gasteiger partial charge is 0.599 e. The van der Waals surface area contributed by atoms with E-state index in [1.807, 2.05) is 60.7 Å². The molecular formula is C57H91B3N2O12. The Morgan fingerprint density at radius 2 is 0.919 bits per heavy atom. The first-order chi connectivity index (χ1) is 35.0. The summed E-state index contributed by atoms with van der Waals surface area (Å²) in [7, 11) is -0.0426. The van der Waals surface area contributed by atoms with Gasteiger partial charge in [-0.05, 0) is 119 Å². The molecule has 5 aliphatic heterocycles. The minimum Gasteiger partial charge on any atom is -0.599 e. The Bertz CT molecular complexity index is 2100. The first-order valence-corrected chi connectivity index (χ1v) is 28.7. The number of benzene rings is 2. The maximum Gasteiger partial charge on any atom is 0.600 e. The van der Waals surface area contributed by atoms with Gasteiger partial charge in [-0.15, -0.1) is 0 Å². The van der Waals surface area contributed by atoms with Gasteiger partial charge in [0.05, 0.1) is 36.5 Å². The van der Waals surface area contributed by atoms with Crippen LogP contribution in [0.3, 0.4) is 0 Å². The number of carbonyl (C=O) groups is 4. The summed E-state index contributed by atoms with van der Waals surface area (Å²) in [6.45, 7) is 25.2. The van der Waals surface area contributed by atoms with Gasteiger partial charge in [-0.25, -0.2) is 0 Å². The first kappa shape index (κ1) is 58.0. The molecule has 0 bridgehead atoms. The molecule has 2 aromatic carbocycles. The molecule has 2 aliphatic carbocycles. The molecule has 2 aromatic rings. The Labute approximate surface area is 444 Å². The summed E-state index contributed by atoms with van der Waals surface area (Å²) in [4.78, 5) is 50.8. The third kappa shape index (κ3) is 11.0. The van der Waals surface area contributed by atoms with Crippen molar-refractivity contribution < 1.29 is 65.4 Å². The molecular weight excluding hydrogens is 937 g/mol. The van der Waals surface area contributed by atoms with Crippen LogP contribution in [0.4, 0.5) is 9.59 Å². The lowest BCUT2D eigenvalue weighted by Gasteiger charge is -2.62. The second-order valence-corrected chi connectivity index (χ2v) is 24.9. The van der Waals surface area contributed by atoms with E-state index in [2.05, 4.69) is 90.0 Å². The van der Waals surface area contributed by atoms with Crippen LogP contribution in [-0.2, 0) is 60.2 Å². The average Bonchev–Trinajstić information content (AvgIpc) is 4.18. The summed E-state index contributed by atoms with van der Waals surface area (Å²) in [5.74, 6) is 1.55. The van der Waals surface area contributed by atoms with Crippen molar-refractivity contribution in [2.75, 3.05) is 13.1 Å². The molecule has 0 radical (unpaired) electrons. The molecule has 2 amide bonds. The highest BCUT2D eigenvalue weighted by atomic mass is 16.7. The molecule has 9 rings (SSSR count). The van der Waals surface area contributed by atoms with Gasteiger partial charge in [-0.2, -0.15) is 9.59 Å². The van der Waals surface area contributed by atoms with Crippen molar-refractivity contribution in [2.45, 2.75) is 233 Å². The molecule has 2 saturated carbocycles. The Hall–Kier alpha value is -3.73. The SMILES string of the molecule is CC[C@@H](C)CC(C)B1OC(C)(C)C(C)(C)O1.CC[C@@H](C)C[C@@H](C)[B-]12OC(=O)C[N+]1([C@H]1CCC[C@@H]1OCc1ccccc1)C(=O)O2.CC[C@@H](C)C[C@H](C)[B-]12OC(=O)C[N+]1([C@H]1CCC[C@@H]1OCc1ccccc1)C(=O)O2. The van der Waals surface area contributed by atoms with Crippen molar-refractivity contribution in [1.82, 2.24) is 0 Å². The minimum atomic E-state index is -2.01. The topological polar surface area (TPSA) is 142 Å². The molecule has 0 spiro atoms. The van der Waals surface area contributed by atoms with E-state index in [4.69, 9.17) is 37.4 Å². The van der Waals surface area contributed by atoms with Gasteiger partial charge in [-0.1, -0.05) is 155 Å². The zero-order valence-corrected chi connectivity index (χ0v) is 47.4. The molecule has 0 aromatic heterocycles. The zero-order chi connectivity index (χ0) is 53.9. The second kappa shape index (κ2) is 23.5. The van der Waals surface area contributed by atoms with Crippen LogP contribution in [0.5, 0.6) is 0 Å². The average molecular weight is 1030 g/mol. The summed E-state index contributed by atoms with van der Waals surface area (Å²) in [5.41, 5.74) is 1.84. The summed E-state index contributed by atoms with van der Waals surface area (Å²) in [6.07, 6.45) is 10.9. The molecule has 7 fully saturated rings. The number of carbonyl (C=O) groups excluding carboxylic acids is 4. The number of amides is 2. The van der Waals surface area contributed by atoms with Crippen LogP contribution in [0, 0.1) is 17.8 Å². The molecule has 5 unspecified atom stereocenters. The fourth-order valence-electron chi connectivity index (χ4n) is 13.6. The van der Waals surface area contributed by atoms with Crippen molar-refractivity contribution in [2.24, 2.45) is 17.8 Å². The normalized spacial score (nSPS) is 33.6. The van der Waals surface area contributed by atoms with Crippen LogP contribution in [0.25, 0.3) is 0 Å². The van der Waals surface area contributed by atoms with Crippen molar-refractivity contribution in [3.63, 3.8) is 0 Å². The van der Waals surface area contributed by atoms with E-state index in [1.54, 1.807) is 0 Å². The molecule has 0 N–H and O–H groups in total. The van der Waals surface area contributed by atoms with Crippen molar-refractivity contribution >= 4 is 44.6 Å². The van der Waals surface area contributed by atoms with Crippen LogP contribution in [0.15, 0.2) is 60.7 Å². The van der Waals surface area contributed by atoms with E-state index < -0.39 is 13.4 Å². The van der Waals surface area contributed by atoms with Gasteiger partial charge in [0.1, 0.15) is 25.3 Å². The number of ether oxygens (including phenoxy) is 2. The van der Waals surface area contributed by atoms with Crippen LogP contribution < -0.4 is 0 Å². The molecule has 14 nitrogen and oxygen atoms in total. The van der Waals surface area contributed by atoms with Crippen LogP contribution in [0.2, 0.25) is 17.5 Å². The number of hydrogen-bond acceptors (Lipinski definition) is 12. The lowest BCUT2D eigenvalue weighted by Crippen LogP contribution is -2.85. The first-order valence-electron chi connectivity index (χ1n) is 28.7. The van der Waals surface area contributed by atoms with Gasteiger partial charge in [0.15, 0.2) is 0 Å². The summed E-state index contributed by atoms with van der Waals surface area (Å²) < 4.78 is 47.9. The molecule has 74 heavy (non-hydrogen) atoms. The highest BCUT2D eigenvalue weighted by Gasteiger charge is 2.81. The van der Waals surface area contributed by atoms with Gasteiger partial charge < -0.3 is 46.2 Å². The van der Waals surface area contributed by atoms with E-state index >= 15 is 0 Å². The number of quaternary nitrogens is 2. The van der Waals surface area contributed by atoms with Crippen molar-refractivity contribution in [3.8, 4) is 0 Å². The van der Waals surface area contributed by atoms with Crippen LogP contribution in [-0.4, -0.2) is 102 Å². The monoisotopic (exact) mass is 1030 g/mol.